The summed E-state index contributed by atoms with van der Waals surface area (Å²) in [4.78, 5) is 13.4. The Hall–Kier alpha value is -1.36. The van der Waals surface area contributed by atoms with Gasteiger partial charge in [-0.1, -0.05) is 39.8 Å². The highest BCUT2D eigenvalue weighted by molar-refractivity contribution is 5.73. The molecule has 0 radical (unpaired) electrons. The van der Waals surface area contributed by atoms with Gasteiger partial charge in [0.1, 0.15) is 5.76 Å². The van der Waals surface area contributed by atoms with Crippen LogP contribution in [0.25, 0.3) is 0 Å². The summed E-state index contributed by atoms with van der Waals surface area (Å²) < 4.78 is 5.55. The third-order valence-corrected chi connectivity index (χ3v) is 6.60. The number of carbonyl (C=O) groups excluding carboxylic acids is 1. The topological polar surface area (TPSA) is 58.4 Å². The number of aromatic nitrogens is 1. The number of nitrogens with zero attached hydrogens (tertiary/aromatic N) is 2. The van der Waals surface area contributed by atoms with Gasteiger partial charge in [0.25, 0.3) is 0 Å². The highest BCUT2D eigenvalue weighted by Crippen LogP contribution is 2.48. The molecule has 2 atom stereocenters. The van der Waals surface area contributed by atoms with Crippen molar-refractivity contribution in [1.29, 1.82) is 0 Å². The van der Waals surface area contributed by atoms with Crippen LogP contribution in [-0.4, -0.2) is 41.1 Å². The summed E-state index contributed by atoms with van der Waals surface area (Å²) in [6, 6.07) is 3.22. The molecular weight excluding hydrogens is 326 g/mol. The van der Waals surface area contributed by atoms with Crippen molar-refractivity contribution in [1.82, 2.24) is 15.4 Å². The summed E-state index contributed by atoms with van der Waals surface area (Å²) in [7, 11) is 0. The Bertz CT molecular complexity index is 636. The maximum atomic E-state index is 11.5. The molecule has 1 saturated heterocycles. The SMILES string of the molecule is CC(=O)N1CCC(N[C@H]2C[C@@H](Cc3cc(C(C)(C)C)on3)C2(C)C)CC1. The lowest BCUT2D eigenvalue weighted by molar-refractivity contribution is -0.130. The number of piperidine rings is 1. The third kappa shape index (κ3) is 3.98. The molecule has 1 saturated carbocycles. The Balaban J connectivity index is 1.50. The molecule has 2 heterocycles. The number of hydrogen-bond acceptors (Lipinski definition) is 4. The quantitative estimate of drug-likeness (QED) is 0.891. The van der Waals surface area contributed by atoms with E-state index in [0.717, 1.165) is 43.8 Å². The van der Waals surface area contributed by atoms with E-state index in [1.54, 1.807) is 6.92 Å². The Labute approximate surface area is 157 Å². The minimum Gasteiger partial charge on any atom is -0.361 e. The molecule has 0 unspecified atom stereocenters. The van der Waals surface area contributed by atoms with Gasteiger partial charge in [0, 0.05) is 43.6 Å². The van der Waals surface area contributed by atoms with Crippen LogP contribution < -0.4 is 5.32 Å². The summed E-state index contributed by atoms with van der Waals surface area (Å²) in [5, 5.41) is 8.17. The van der Waals surface area contributed by atoms with Gasteiger partial charge in [-0.3, -0.25) is 4.79 Å². The van der Waals surface area contributed by atoms with E-state index in [4.69, 9.17) is 4.52 Å². The molecule has 1 aromatic heterocycles. The Morgan fingerprint density at radius 3 is 2.50 bits per heavy atom. The molecule has 5 heteroatoms. The predicted molar refractivity (Wildman–Crippen MR) is 103 cm³/mol. The van der Waals surface area contributed by atoms with Gasteiger partial charge in [-0.25, -0.2) is 0 Å². The van der Waals surface area contributed by atoms with E-state index in [0.29, 0.717) is 18.0 Å². The maximum Gasteiger partial charge on any atom is 0.219 e. The Morgan fingerprint density at radius 1 is 1.35 bits per heavy atom. The average molecular weight is 362 g/mol. The van der Waals surface area contributed by atoms with Gasteiger partial charge in [-0.15, -0.1) is 0 Å². The van der Waals surface area contributed by atoms with Crippen molar-refractivity contribution in [2.75, 3.05) is 13.1 Å². The van der Waals surface area contributed by atoms with Crippen LogP contribution in [0.3, 0.4) is 0 Å². The number of amides is 1. The van der Waals surface area contributed by atoms with E-state index in [2.05, 4.69) is 51.2 Å². The molecular formula is C21H35N3O2. The molecule has 1 aliphatic heterocycles. The standard InChI is InChI=1S/C21H35N3O2/c1-14(25)24-9-7-16(8-10-24)22-18-12-15(21(18,5)6)11-17-13-19(26-23-17)20(2,3)4/h13,15-16,18,22H,7-12H2,1-6H3/t15-,18+/m1/s1. The van der Waals surface area contributed by atoms with Crippen LogP contribution >= 0.6 is 0 Å². The summed E-state index contributed by atoms with van der Waals surface area (Å²) in [6.45, 7) is 14.6. The normalized spacial score (nSPS) is 26.6. The first-order chi connectivity index (χ1) is 12.1. The zero-order valence-corrected chi connectivity index (χ0v) is 17.3. The van der Waals surface area contributed by atoms with Gasteiger partial charge in [0.2, 0.25) is 5.91 Å². The minimum absolute atomic E-state index is 0.0131. The predicted octanol–water partition coefficient (Wildman–Crippen LogP) is 3.53. The number of hydrogen-bond donors (Lipinski definition) is 1. The maximum absolute atomic E-state index is 11.5. The number of carbonyl (C=O) groups is 1. The highest BCUT2D eigenvalue weighted by Gasteiger charge is 2.48. The molecule has 1 amide bonds. The molecule has 3 rings (SSSR count). The molecule has 26 heavy (non-hydrogen) atoms. The lowest BCUT2D eigenvalue weighted by atomic mass is 9.57. The van der Waals surface area contributed by atoms with E-state index >= 15 is 0 Å². The van der Waals surface area contributed by atoms with Gasteiger partial charge >= 0.3 is 0 Å². The summed E-state index contributed by atoms with van der Waals surface area (Å²) in [5.74, 6) is 1.81. The molecule has 1 aliphatic carbocycles. The molecule has 0 aromatic carbocycles. The second-order valence-electron chi connectivity index (χ2n) is 9.89. The molecule has 0 bridgehead atoms. The van der Waals surface area contributed by atoms with E-state index in [1.807, 2.05) is 4.90 Å². The van der Waals surface area contributed by atoms with Crippen molar-refractivity contribution in [3.05, 3.63) is 17.5 Å². The first-order valence-electron chi connectivity index (χ1n) is 10.0. The second-order valence-corrected chi connectivity index (χ2v) is 9.89. The molecule has 1 N–H and O–H groups in total. The molecule has 2 fully saturated rings. The van der Waals surface area contributed by atoms with Crippen LogP contribution in [0.15, 0.2) is 10.6 Å². The Morgan fingerprint density at radius 2 is 2.00 bits per heavy atom. The van der Waals surface area contributed by atoms with Crippen LogP contribution in [0.1, 0.15) is 72.3 Å². The van der Waals surface area contributed by atoms with Crippen molar-refractivity contribution in [2.45, 2.75) is 84.7 Å². The summed E-state index contributed by atoms with van der Waals surface area (Å²) in [5.41, 5.74) is 1.36. The van der Waals surface area contributed by atoms with Crippen molar-refractivity contribution in [3.8, 4) is 0 Å². The van der Waals surface area contributed by atoms with Crippen molar-refractivity contribution < 1.29 is 9.32 Å². The van der Waals surface area contributed by atoms with E-state index in [1.165, 1.54) is 6.42 Å². The molecule has 1 aromatic rings. The average Bonchev–Trinajstić information content (AvgIpc) is 3.03. The van der Waals surface area contributed by atoms with Gasteiger partial charge in [-0.05, 0) is 37.0 Å². The Kier molecular flexibility index (Phi) is 5.22. The fourth-order valence-electron chi connectivity index (χ4n) is 4.30. The van der Waals surface area contributed by atoms with Crippen LogP contribution in [-0.2, 0) is 16.6 Å². The highest BCUT2D eigenvalue weighted by atomic mass is 16.5. The van der Waals surface area contributed by atoms with E-state index < -0.39 is 0 Å². The van der Waals surface area contributed by atoms with Crippen LogP contribution in [0.2, 0.25) is 0 Å². The largest absolute Gasteiger partial charge is 0.361 e. The first kappa shape index (κ1) is 19.4. The van der Waals surface area contributed by atoms with Crippen molar-refractivity contribution >= 4 is 5.91 Å². The van der Waals surface area contributed by atoms with E-state index in [-0.39, 0.29) is 16.7 Å². The van der Waals surface area contributed by atoms with Gasteiger partial charge in [-0.2, -0.15) is 0 Å². The smallest absolute Gasteiger partial charge is 0.219 e. The number of rotatable bonds is 4. The third-order valence-electron chi connectivity index (χ3n) is 6.60. The molecule has 146 valence electrons. The van der Waals surface area contributed by atoms with Gasteiger partial charge in [0.05, 0.1) is 5.69 Å². The lowest BCUT2D eigenvalue weighted by Crippen LogP contribution is -2.61. The fraction of sp³-hybridized carbons (Fsp3) is 0.810. The van der Waals surface area contributed by atoms with Crippen LogP contribution in [0, 0.1) is 11.3 Å². The van der Waals surface area contributed by atoms with Crippen molar-refractivity contribution in [2.24, 2.45) is 11.3 Å². The van der Waals surface area contributed by atoms with E-state index in [9.17, 15) is 4.79 Å². The van der Waals surface area contributed by atoms with Gasteiger partial charge < -0.3 is 14.7 Å². The molecule has 0 spiro atoms. The number of likely N-dealkylation sites (tertiary alicyclic amines) is 1. The van der Waals surface area contributed by atoms with Gasteiger partial charge in [0.15, 0.2) is 0 Å². The van der Waals surface area contributed by atoms with Crippen molar-refractivity contribution in [3.63, 3.8) is 0 Å². The monoisotopic (exact) mass is 361 g/mol. The zero-order valence-electron chi connectivity index (χ0n) is 17.3. The second kappa shape index (κ2) is 6.99. The summed E-state index contributed by atoms with van der Waals surface area (Å²) >= 11 is 0. The van der Waals surface area contributed by atoms with Crippen LogP contribution in [0.5, 0.6) is 0 Å². The first-order valence-corrected chi connectivity index (χ1v) is 10.0. The molecule has 5 nitrogen and oxygen atoms in total. The zero-order chi connectivity index (χ0) is 19.1. The minimum atomic E-state index is 0.0131. The van der Waals surface area contributed by atoms with Crippen LogP contribution in [0.4, 0.5) is 0 Å². The number of nitrogens with one attached hydrogen (secondary N) is 1. The fourth-order valence-corrected chi connectivity index (χ4v) is 4.30. The lowest BCUT2D eigenvalue weighted by Gasteiger charge is -2.54. The molecule has 2 aliphatic rings. The summed E-state index contributed by atoms with van der Waals surface area (Å²) in [6.07, 6.45) is 4.31.